The molecular weight excluding hydrogens is 228 g/mol. The van der Waals surface area contributed by atoms with Crippen LogP contribution in [0.25, 0.3) is 0 Å². The van der Waals surface area contributed by atoms with Gasteiger partial charge in [-0.15, -0.1) is 0 Å². The first-order valence-electron chi connectivity index (χ1n) is 6.35. The van der Waals surface area contributed by atoms with Crippen LogP contribution in [-0.4, -0.2) is 12.5 Å². The molecule has 0 spiro atoms. The highest BCUT2D eigenvalue weighted by Gasteiger charge is 2.09. The first kappa shape index (κ1) is 14.7. The molecule has 100 valence electrons. The molecule has 4 heteroatoms. The number of nitrogens with two attached hydrogens (primary N) is 1. The van der Waals surface area contributed by atoms with E-state index < -0.39 is 0 Å². The Bertz CT molecular complexity index is 380. The van der Waals surface area contributed by atoms with Gasteiger partial charge in [-0.05, 0) is 24.0 Å². The van der Waals surface area contributed by atoms with Gasteiger partial charge in [-0.3, -0.25) is 10.2 Å². The molecule has 0 heterocycles. The van der Waals surface area contributed by atoms with Crippen molar-refractivity contribution in [2.45, 2.75) is 33.3 Å². The summed E-state index contributed by atoms with van der Waals surface area (Å²) in [4.78, 5) is 11.5. The number of amides is 1. The Morgan fingerprint density at radius 1 is 1.44 bits per heavy atom. The minimum absolute atomic E-state index is 0.282. The summed E-state index contributed by atoms with van der Waals surface area (Å²) in [7, 11) is 0. The van der Waals surface area contributed by atoms with Crippen molar-refractivity contribution in [1.82, 2.24) is 5.43 Å². The van der Waals surface area contributed by atoms with E-state index in [1.807, 2.05) is 18.2 Å². The molecule has 3 N–H and O–H groups in total. The van der Waals surface area contributed by atoms with Crippen LogP contribution in [0.15, 0.2) is 24.3 Å². The molecule has 1 atom stereocenters. The number of hydrogen-bond donors (Lipinski definition) is 2. The zero-order valence-corrected chi connectivity index (χ0v) is 11.1. The van der Waals surface area contributed by atoms with Crippen LogP contribution in [0, 0.1) is 5.92 Å². The lowest BCUT2D eigenvalue weighted by atomic mass is 10.1. The van der Waals surface area contributed by atoms with Crippen molar-refractivity contribution in [2.75, 3.05) is 6.61 Å². The van der Waals surface area contributed by atoms with Gasteiger partial charge >= 0.3 is 0 Å². The van der Waals surface area contributed by atoms with Crippen molar-refractivity contribution in [3.8, 4) is 0 Å². The van der Waals surface area contributed by atoms with E-state index in [4.69, 9.17) is 10.6 Å². The SMILES string of the molecule is CCCC(C)COCc1ccccc1C(=O)NN. The lowest BCUT2D eigenvalue weighted by molar-refractivity contribution is 0.0859. The lowest BCUT2D eigenvalue weighted by Gasteiger charge is -2.12. The first-order valence-corrected chi connectivity index (χ1v) is 6.35. The number of carbonyl (C=O) groups excluding carboxylic acids is 1. The Labute approximate surface area is 108 Å². The molecule has 1 rings (SSSR count). The number of ether oxygens (including phenoxy) is 1. The molecule has 0 aromatic heterocycles. The predicted octanol–water partition coefficient (Wildman–Crippen LogP) is 2.24. The summed E-state index contributed by atoms with van der Waals surface area (Å²) in [5, 5.41) is 0. The fourth-order valence-corrected chi connectivity index (χ4v) is 1.89. The number of benzene rings is 1. The third-order valence-electron chi connectivity index (χ3n) is 2.83. The van der Waals surface area contributed by atoms with E-state index in [9.17, 15) is 4.79 Å². The highest BCUT2D eigenvalue weighted by molar-refractivity contribution is 5.95. The summed E-state index contributed by atoms with van der Waals surface area (Å²) in [6, 6.07) is 7.33. The monoisotopic (exact) mass is 250 g/mol. The van der Waals surface area contributed by atoms with Gasteiger partial charge in [0.1, 0.15) is 0 Å². The lowest BCUT2D eigenvalue weighted by Crippen LogP contribution is -2.30. The van der Waals surface area contributed by atoms with Crippen molar-refractivity contribution >= 4 is 5.91 Å². The third kappa shape index (κ3) is 4.47. The van der Waals surface area contributed by atoms with Gasteiger partial charge < -0.3 is 4.74 Å². The van der Waals surface area contributed by atoms with Crippen LogP contribution >= 0.6 is 0 Å². The van der Waals surface area contributed by atoms with Crippen LogP contribution < -0.4 is 11.3 Å². The van der Waals surface area contributed by atoms with E-state index in [1.54, 1.807) is 6.07 Å². The average Bonchev–Trinajstić information content (AvgIpc) is 2.39. The second-order valence-electron chi connectivity index (χ2n) is 4.54. The minimum Gasteiger partial charge on any atom is -0.376 e. The topological polar surface area (TPSA) is 64.3 Å². The van der Waals surface area contributed by atoms with Crippen molar-refractivity contribution < 1.29 is 9.53 Å². The van der Waals surface area contributed by atoms with Crippen molar-refractivity contribution in [3.05, 3.63) is 35.4 Å². The molecule has 1 aromatic rings. The number of hydrazine groups is 1. The quantitative estimate of drug-likeness (QED) is 0.443. The van der Waals surface area contributed by atoms with Crippen LogP contribution in [0.3, 0.4) is 0 Å². The highest BCUT2D eigenvalue weighted by atomic mass is 16.5. The second-order valence-corrected chi connectivity index (χ2v) is 4.54. The first-order chi connectivity index (χ1) is 8.69. The third-order valence-corrected chi connectivity index (χ3v) is 2.83. The van der Waals surface area contributed by atoms with E-state index in [1.165, 1.54) is 0 Å². The molecule has 0 aliphatic heterocycles. The molecule has 0 aliphatic rings. The van der Waals surface area contributed by atoms with Crippen molar-refractivity contribution in [3.63, 3.8) is 0 Å². The van der Waals surface area contributed by atoms with E-state index in [-0.39, 0.29) is 5.91 Å². The number of rotatable bonds is 7. The zero-order valence-electron chi connectivity index (χ0n) is 11.1. The normalized spacial score (nSPS) is 12.2. The Hall–Kier alpha value is -1.39. The molecule has 1 aromatic carbocycles. The van der Waals surface area contributed by atoms with Crippen LogP contribution in [0.2, 0.25) is 0 Å². The second kappa shape index (κ2) is 7.84. The highest BCUT2D eigenvalue weighted by Crippen LogP contribution is 2.12. The Morgan fingerprint density at radius 2 is 2.17 bits per heavy atom. The molecule has 18 heavy (non-hydrogen) atoms. The van der Waals surface area contributed by atoms with Gasteiger partial charge in [0.15, 0.2) is 0 Å². The zero-order chi connectivity index (χ0) is 13.4. The summed E-state index contributed by atoms with van der Waals surface area (Å²) in [6.45, 7) is 5.49. The Balaban J connectivity index is 2.54. The minimum atomic E-state index is -0.282. The van der Waals surface area contributed by atoms with Crippen LogP contribution in [0.1, 0.15) is 42.6 Å². The van der Waals surface area contributed by atoms with Gasteiger partial charge in [0.05, 0.1) is 6.61 Å². The average molecular weight is 250 g/mol. The summed E-state index contributed by atoms with van der Waals surface area (Å²) >= 11 is 0. The maximum Gasteiger partial charge on any atom is 0.265 e. The van der Waals surface area contributed by atoms with Gasteiger partial charge in [0, 0.05) is 12.2 Å². The summed E-state index contributed by atoms with van der Waals surface area (Å²) in [6.07, 6.45) is 2.32. The fourth-order valence-electron chi connectivity index (χ4n) is 1.89. The fraction of sp³-hybridized carbons (Fsp3) is 0.500. The van der Waals surface area contributed by atoms with Gasteiger partial charge in [-0.1, -0.05) is 38.5 Å². The van der Waals surface area contributed by atoms with Crippen molar-refractivity contribution in [2.24, 2.45) is 11.8 Å². The van der Waals surface area contributed by atoms with Crippen LogP contribution in [-0.2, 0) is 11.3 Å². The molecule has 0 bridgehead atoms. The van der Waals surface area contributed by atoms with E-state index >= 15 is 0 Å². The number of nitrogen functional groups attached to an aromatic ring is 1. The Kier molecular flexibility index (Phi) is 6.39. The molecule has 0 saturated carbocycles. The van der Waals surface area contributed by atoms with E-state index in [2.05, 4.69) is 19.3 Å². The summed E-state index contributed by atoms with van der Waals surface area (Å²) < 4.78 is 5.65. The number of nitrogens with one attached hydrogen (secondary N) is 1. The van der Waals surface area contributed by atoms with Gasteiger partial charge in [-0.25, -0.2) is 5.84 Å². The van der Waals surface area contributed by atoms with Gasteiger partial charge in [0.25, 0.3) is 5.91 Å². The molecule has 1 amide bonds. The molecule has 0 saturated heterocycles. The number of hydrogen-bond acceptors (Lipinski definition) is 3. The maximum atomic E-state index is 11.5. The summed E-state index contributed by atoms with van der Waals surface area (Å²) in [5.41, 5.74) is 3.58. The van der Waals surface area contributed by atoms with Crippen molar-refractivity contribution in [1.29, 1.82) is 0 Å². The smallest absolute Gasteiger partial charge is 0.265 e. The molecule has 0 radical (unpaired) electrons. The van der Waals surface area contributed by atoms with E-state index in [0.29, 0.717) is 24.7 Å². The standard InChI is InChI=1S/C14H22N2O2/c1-3-6-11(2)9-18-10-12-7-4-5-8-13(12)14(17)16-15/h4-5,7-8,11H,3,6,9-10,15H2,1-2H3,(H,16,17). The summed E-state index contributed by atoms with van der Waals surface area (Å²) in [5.74, 6) is 5.41. The van der Waals surface area contributed by atoms with Gasteiger partial charge in [-0.2, -0.15) is 0 Å². The predicted molar refractivity (Wildman–Crippen MR) is 71.8 cm³/mol. The maximum absolute atomic E-state index is 11.5. The molecule has 0 fully saturated rings. The Morgan fingerprint density at radius 3 is 2.83 bits per heavy atom. The molecule has 1 unspecified atom stereocenters. The largest absolute Gasteiger partial charge is 0.376 e. The van der Waals surface area contributed by atoms with Crippen LogP contribution in [0.5, 0.6) is 0 Å². The molecule has 0 aliphatic carbocycles. The number of carbonyl (C=O) groups is 1. The van der Waals surface area contributed by atoms with Crippen LogP contribution in [0.4, 0.5) is 0 Å². The van der Waals surface area contributed by atoms with Gasteiger partial charge in [0.2, 0.25) is 0 Å². The molecular formula is C14H22N2O2. The van der Waals surface area contributed by atoms with E-state index in [0.717, 1.165) is 18.4 Å². The molecule has 4 nitrogen and oxygen atoms in total.